The van der Waals surface area contributed by atoms with E-state index in [-0.39, 0.29) is 23.7 Å². The van der Waals surface area contributed by atoms with Crippen LogP contribution in [0.4, 0.5) is 0 Å². The number of hydrogen-bond acceptors (Lipinski definition) is 4. The summed E-state index contributed by atoms with van der Waals surface area (Å²) in [6, 6.07) is 7.93. The normalized spacial score (nSPS) is 18.3. The summed E-state index contributed by atoms with van der Waals surface area (Å²) in [6.45, 7) is 3.51. The molecule has 4 rings (SSSR count). The van der Waals surface area contributed by atoms with E-state index in [4.69, 9.17) is 16.3 Å². The molecule has 27 heavy (non-hydrogen) atoms. The topological polar surface area (TPSA) is 79.0 Å². The second-order valence-corrected chi connectivity index (χ2v) is 7.48. The lowest BCUT2D eigenvalue weighted by Gasteiger charge is -2.38. The zero-order valence-electron chi connectivity index (χ0n) is 15.0. The fourth-order valence-corrected chi connectivity index (χ4v) is 4.08. The molecule has 2 aliphatic heterocycles. The first kappa shape index (κ1) is 20.1. The number of benzene rings is 1. The number of carbonyl (C=O) groups excluding carboxylic acids is 1. The van der Waals surface area contributed by atoms with Crippen LogP contribution in [0, 0.1) is 0 Å². The van der Waals surface area contributed by atoms with E-state index in [9.17, 15) is 4.79 Å². The van der Waals surface area contributed by atoms with E-state index in [0.717, 1.165) is 42.6 Å². The first-order valence-corrected chi connectivity index (χ1v) is 9.45. The minimum absolute atomic E-state index is 0. The van der Waals surface area contributed by atoms with Gasteiger partial charge in [0.25, 0.3) is 5.91 Å². The Morgan fingerprint density at radius 3 is 2.93 bits per heavy atom. The number of ether oxygens (including phenoxy) is 1. The van der Waals surface area contributed by atoms with Gasteiger partial charge in [-0.1, -0.05) is 23.7 Å². The molecule has 0 atom stereocenters. The summed E-state index contributed by atoms with van der Waals surface area (Å²) < 4.78 is 5.56. The number of halogens is 2. The average Bonchev–Trinajstić information content (AvgIpc) is 3.11. The third kappa shape index (κ3) is 4.14. The molecule has 2 aliphatic rings. The zero-order chi connectivity index (χ0) is 18.0. The highest BCUT2D eigenvalue weighted by Crippen LogP contribution is 2.35. The monoisotopic (exact) mass is 410 g/mol. The van der Waals surface area contributed by atoms with Gasteiger partial charge in [0.1, 0.15) is 0 Å². The van der Waals surface area contributed by atoms with Gasteiger partial charge in [-0.05, 0) is 30.5 Å². The van der Waals surface area contributed by atoms with E-state index in [1.807, 2.05) is 18.2 Å². The Morgan fingerprint density at radius 1 is 1.33 bits per heavy atom. The predicted molar refractivity (Wildman–Crippen MR) is 107 cm³/mol. The molecule has 1 fully saturated rings. The summed E-state index contributed by atoms with van der Waals surface area (Å²) in [7, 11) is 0. The van der Waals surface area contributed by atoms with Crippen LogP contribution in [0.1, 0.15) is 40.2 Å². The molecule has 0 radical (unpaired) electrons. The lowest BCUT2D eigenvalue weighted by molar-refractivity contribution is 0.0486. The van der Waals surface area contributed by atoms with Crippen molar-refractivity contribution < 1.29 is 9.53 Å². The fourth-order valence-electron chi connectivity index (χ4n) is 3.89. The van der Waals surface area contributed by atoms with E-state index >= 15 is 0 Å². The Hall–Kier alpha value is -1.60. The molecule has 6 nitrogen and oxygen atoms in total. The van der Waals surface area contributed by atoms with Crippen molar-refractivity contribution in [2.75, 3.05) is 26.3 Å². The molecule has 146 valence electrons. The predicted octanol–water partition coefficient (Wildman–Crippen LogP) is 2.61. The van der Waals surface area contributed by atoms with E-state index in [2.05, 4.69) is 26.9 Å². The number of H-pyrrole nitrogens is 1. The zero-order valence-corrected chi connectivity index (χ0v) is 16.6. The Kier molecular flexibility index (Phi) is 6.42. The van der Waals surface area contributed by atoms with Crippen LogP contribution in [-0.2, 0) is 23.1 Å². The molecule has 0 saturated carbocycles. The smallest absolute Gasteiger partial charge is 0.272 e. The molecular weight excluding hydrogens is 387 g/mol. The van der Waals surface area contributed by atoms with E-state index in [1.165, 1.54) is 0 Å². The van der Waals surface area contributed by atoms with Crippen molar-refractivity contribution in [2.24, 2.45) is 0 Å². The van der Waals surface area contributed by atoms with Crippen molar-refractivity contribution in [3.63, 3.8) is 0 Å². The van der Waals surface area contributed by atoms with Crippen molar-refractivity contribution in [3.05, 3.63) is 51.8 Å². The highest BCUT2D eigenvalue weighted by molar-refractivity contribution is 6.30. The molecule has 1 aromatic carbocycles. The molecule has 8 heteroatoms. The maximum Gasteiger partial charge on any atom is 0.272 e. The molecule has 1 amide bonds. The maximum atomic E-state index is 12.8. The van der Waals surface area contributed by atoms with Crippen LogP contribution in [0.3, 0.4) is 0 Å². The second-order valence-electron chi connectivity index (χ2n) is 7.04. The van der Waals surface area contributed by atoms with Gasteiger partial charge in [0.2, 0.25) is 0 Å². The van der Waals surface area contributed by atoms with Crippen LogP contribution in [0.2, 0.25) is 5.02 Å². The van der Waals surface area contributed by atoms with Crippen molar-refractivity contribution in [1.29, 1.82) is 0 Å². The number of hydrogen-bond donors (Lipinski definition) is 3. The highest BCUT2D eigenvalue weighted by atomic mass is 35.5. The molecule has 3 N–H and O–H groups in total. The molecule has 1 saturated heterocycles. The van der Waals surface area contributed by atoms with Gasteiger partial charge in [0, 0.05) is 61.0 Å². The molecule has 1 aromatic heterocycles. The second kappa shape index (κ2) is 8.61. The third-order valence-corrected chi connectivity index (χ3v) is 5.73. The lowest BCUT2D eigenvalue weighted by atomic mass is 9.74. The summed E-state index contributed by atoms with van der Waals surface area (Å²) in [5.74, 6) is -0.126. The average molecular weight is 411 g/mol. The molecule has 0 aliphatic carbocycles. The van der Waals surface area contributed by atoms with Crippen molar-refractivity contribution in [3.8, 4) is 0 Å². The minimum Gasteiger partial charge on any atom is -0.381 e. The number of aromatic nitrogens is 2. The van der Waals surface area contributed by atoms with Crippen LogP contribution < -0.4 is 10.6 Å². The maximum absolute atomic E-state index is 12.8. The quantitative estimate of drug-likeness (QED) is 0.723. The van der Waals surface area contributed by atoms with Crippen LogP contribution in [0.25, 0.3) is 0 Å². The number of nitrogens with one attached hydrogen (secondary N) is 3. The molecule has 0 bridgehead atoms. The summed E-state index contributed by atoms with van der Waals surface area (Å²) in [5.41, 5.74) is 3.54. The largest absolute Gasteiger partial charge is 0.381 e. The van der Waals surface area contributed by atoms with Gasteiger partial charge in [0.15, 0.2) is 5.69 Å². The molecular formula is C19H24Cl2N4O2. The lowest BCUT2D eigenvalue weighted by Crippen LogP contribution is -2.45. The summed E-state index contributed by atoms with van der Waals surface area (Å²) in [5, 5.41) is 14.4. The summed E-state index contributed by atoms with van der Waals surface area (Å²) in [4.78, 5) is 12.8. The van der Waals surface area contributed by atoms with Crippen molar-refractivity contribution in [2.45, 2.75) is 31.2 Å². The SMILES string of the molecule is Cl.O=C(NCC1(c2cccc(Cl)c2)CCOCC1)c1n[nH]c2c1CNCC2. The highest BCUT2D eigenvalue weighted by Gasteiger charge is 2.35. The number of carbonyl (C=O) groups is 1. The Morgan fingerprint density at radius 2 is 2.15 bits per heavy atom. The van der Waals surface area contributed by atoms with Crippen molar-refractivity contribution >= 4 is 29.9 Å². The van der Waals surface area contributed by atoms with Gasteiger partial charge < -0.3 is 15.4 Å². The fraction of sp³-hybridized carbons (Fsp3) is 0.474. The molecule has 0 unspecified atom stereocenters. The molecule has 3 heterocycles. The van der Waals surface area contributed by atoms with Crippen LogP contribution in [0.5, 0.6) is 0 Å². The summed E-state index contributed by atoms with van der Waals surface area (Å²) >= 11 is 6.21. The van der Waals surface area contributed by atoms with Crippen LogP contribution in [0.15, 0.2) is 24.3 Å². The van der Waals surface area contributed by atoms with Crippen LogP contribution >= 0.6 is 24.0 Å². The third-order valence-electron chi connectivity index (χ3n) is 5.50. The Balaban J connectivity index is 0.00000210. The standard InChI is InChI=1S/C19H23ClN4O2.ClH/c20-14-3-1-2-13(10-14)19(5-8-26-9-6-19)12-22-18(25)17-15-11-21-7-4-16(15)23-24-17;/h1-3,10,21H,4-9,11-12H2,(H,22,25)(H,23,24);1H. The number of fused-ring (bicyclic) bond motifs is 1. The summed E-state index contributed by atoms with van der Waals surface area (Å²) in [6.07, 6.45) is 2.58. The Bertz CT molecular complexity index is 803. The number of aromatic amines is 1. The van der Waals surface area contributed by atoms with Gasteiger partial charge in [-0.2, -0.15) is 5.10 Å². The first-order chi connectivity index (χ1) is 12.7. The van der Waals surface area contributed by atoms with Gasteiger partial charge in [0.05, 0.1) is 0 Å². The van der Waals surface area contributed by atoms with Gasteiger partial charge >= 0.3 is 0 Å². The first-order valence-electron chi connectivity index (χ1n) is 9.07. The molecule has 2 aromatic rings. The van der Waals surface area contributed by atoms with Gasteiger partial charge in [-0.25, -0.2) is 0 Å². The Labute approximate surface area is 169 Å². The van der Waals surface area contributed by atoms with Crippen molar-refractivity contribution in [1.82, 2.24) is 20.8 Å². The van der Waals surface area contributed by atoms with E-state index in [1.54, 1.807) is 0 Å². The van der Waals surface area contributed by atoms with Crippen LogP contribution in [-0.4, -0.2) is 42.4 Å². The number of nitrogens with zero attached hydrogens (tertiary/aromatic N) is 1. The molecule has 0 spiro atoms. The minimum atomic E-state index is -0.159. The van der Waals surface area contributed by atoms with E-state index < -0.39 is 0 Å². The van der Waals surface area contributed by atoms with E-state index in [0.29, 0.717) is 37.0 Å². The number of rotatable bonds is 4. The van der Waals surface area contributed by atoms with Gasteiger partial charge in [-0.15, -0.1) is 12.4 Å². The van der Waals surface area contributed by atoms with Gasteiger partial charge in [-0.3, -0.25) is 9.89 Å². The number of amides is 1.